The number of aromatic amines is 1. The molecule has 0 spiro atoms. The Morgan fingerprint density at radius 1 is 1.22 bits per heavy atom. The zero-order chi connectivity index (χ0) is 13.2. The average Bonchev–Trinajstić information content (AvgIpc) is 2.84. The van der Waals surface area contributed by atoms with Gasteiger partial charge in [-0.1, -0.05) is 26.8 Å². The summed E-state index contributed by atoms with van der Waals surface area (Å²) in [5.41, 5.74) is 9.48. The Morgan fingerprint density at radius 3 is 2.50 bits per heavy atom. The Kier molecular flexibility index (Phi) is 3.71. The van der Waals surface area contributed by atoms with Gasteiger partial charge in [-0.25, -0.2) is 4.98 Å². The van der Waals surface area contributed by atoms with Gasteiger partial charge in [-0.2, -0.15) is 0 Å². The third-order valence-electron chi connectivity index (χ3n) is 4.20. The number of H-pyrrole nitrogens is 1. The minimum absolute atomic E-state index is 0.00853. The van der Waals surface area contributed by atoms with Gasteiger partial charge in [0.2, 0.25) is 0 Å². The van der Waals surface area contributed by atoms with Crippen LogP contribution in [-0.2, 0) is 11.8 Å². The first-order chi connectivity index (χ1) is 8.69. The molecule has 2 rings (SSSR count). The molecule has 0 amide bonds. The van der Waals surface area contributed by atoms with E-state index in [0.29, 0.717) is 6.54 Å². The highest BCUT2D eigenvalue weighted by Gasteiger charge is 2.30. The molecule has 0 aliphatic heterocycles. The van der Waals surface area contributed by atoms with Crippen LogP contribution in [0.2, 0.25) is 0 Å². The van der Waals surface area contributed by atoms with Crippen molar-refractivity contribution in [3.8, 4) is 0 Å². The second-order valence-electron chi connectivity index (χ2n) is 4.98. The van der Waals surface area contributed by atoms with Crippen molar-refractivity contribution in [1.82, 2.24) is 9.97 Å². The van der Waals surface area contributed by atoms with Gasteiger partial charge in [0.1, 0.15) is 5.82 Å². The fourth-order valence-electron chi connectivity index (χ4n) is 2.50. The maximum absolute atomic E-state index is 5.98. The van der Waals surface area contributed by atoms with Crippen LogP contribution in [-0.4, -0.2) is 16.5 Å². The predicted molar refractivity (Wildman–Crippen MR) is 76.8 cm³/mol. The second-order valence-corrected chi connectivity index (χ2v) is 4.98. The van der Waals surface area contributed by atoms with Crippen molar-refractivity contribution >= 4 is 11.0 Å². The van der Waals surface area contributed by atoms with Crippen molar-refractivity contribution in [2.75, 3.05) is 6.54 Å². The van der Waals surface area contributed by atoms with Crippen LogP contribution < -0.4 is 5.73 Å². The average molecular weight is 245 g/mol. The number of fused-ring (bicyclic) bond motifs is 1. The number of nitrogens with one attached hydrogen (secondary N) is 1. The lowest BCUT2D eigenvalue weighted by atomic mass is 9.82. The summed E-state index contributed by atoms with van der Waals surface area (Å²) in [5.74, 6) is 1.04. The predicted octanol–water partition coefficient (Wildman–Crippen LogP) is 3.14. The van der Waals surface area contributed by atoms with Crippen LogP contribution in [0.5, 0.6) is 0 Å². The Morgan fingerprint density at radius 2 is 1.94 bits per heavy atom. The van der Waals surface area contributed by atoms with Gasteiger partial charge in [-0.3, -0.25) is 0 Å². The van der Waals surface area contributed by atoms with Crippen LogP contribution in [0.1, 0.15) is 45.0 Å². The molecule has 0 atom stereocenters. The molecule has 1 heterocycles. The van der Waals surface area contributed by atoms with Crippen molar-refractivity contribution in [3.05, 3.63) is 29.6 Å². The monoisotopic (exact) mass is 245 g/mol. The molecule has 0 aliphatic carbocycles. The number of rotatable bonds is 5. The van der Waals surface area contributed by atoms with Gasteiger partial charge in [0.05, 0.1) is 11.0 Å². The summed E-state index contributed by atoms with van der Waals surface area (Å²) in [6, 6.07) is 6.44. The minimum Gasteiger partial charge on any atom is -0.341 e. The van der Waals surface area contributed by atoms with Crippen molar-refractivity contribution < 1.29 is 0 Å². The maximum atomic E-state index is 5.98. The highest BCUT2D eigenvalue weighted by Crippen LogP contribution is 2.30. The van der Waals surface area contributed by atoms with E-state index in [0.717, 1.165) is 36.1 Å². The number of hydrogen-bond acceptors (Lipinski definition) is 2. The van der Waals surface area contributed by atoms with Crippen molar-refractivity contribution in [3.63, 3.8) is 0 Å². The van der Waals surface area contributed by atoms with Gasteiger partial charge in [0.15, 0.2) is 0 Å². The molecular weight excluding hydrogens is 222 g/mol. The van der Waals surface area contributed by atoms with Crippen LogP contribution in [0, 0.1) is 0 Å². The van der Waals surface area contributed by atoms with Gasteiger partial charge in [-0.05, 0) is 37.0 Å². The molecule has 3 nitrogen and oxygen atoms in total. The topological polar surface area (TPSA) is 54.7 Å². The van der Waals surface area contributed by atoms with E-state index in [9.17, 15) is 0 Å². The fraction of sp³-hybridized carbons (Fsp3) is 0.533. The Labute approximate surface area is 109 Å². The summed E-state index contributed by atoms with van der Waals surface area (Å²) in [4.78, 5) is 8.21. The van der Waals surface area contributed by atoms with Crippen LogP contribution in [0.4, 0.5) is 0 Å². The van der Waals surface area contributed by atoms with Crippen molar-refractivity contribution in [2.45, 2.75) is 45.4 Å². The second kappa shape index (κ2) is 5.11. The van der Waals surface area contributed by atoms with E-state index in [-0.39, 0.29) is 5.41 Å². The maximum Gasteiger partial charge on any atom is 0.114 e. The van der Waals surface area contributed by atoms with Gasteiger partial charge < -0.3 is 10.7 Å². The van der Waals surface area contributed by atoms with E-state index >= 15 is 0 Å². The van der Waals surface area contributed by atoms with Crippen LogP contribution in [0.3, 0.4) is 0 Å². The van der Waals surface area contributed by atoms with E-state index in [2.05, 4.69) is 44.0 Å². The normalized spacial score (nSPS) is 12.2. The number of aryl methyl sites for hydroxylation is 1. The summed E-state index contributed by atoms with van der Waals surface area (Å²) >= 11 is 0. The Bertz CT molecular complexity index is 515. The molecule has 0 fully saturated rings. The molecule has 0 saturated heterocycles. The SMILES string of the molecule is CCc1ccc2nc(C(CC)(CC)CN)[nH]c2c1. The number of hydrogen-bond donors (Lipinski definition) is 2. The highest BCUT2D eigenvalue weighted by molar-refractivity contribution is 5.76. The van der Waals surface area contributed by atoms with Gasteiger partial charge in [0, 0.05) is 12.0 Å². The third-order valence-corrected chi connectivity index (χ3v) is 4.20. The van der Waals surface area contributed by atoms with Crippen LogP contribution >= 0.6 is 0 Å². The van der Waals surface area contributed by atoms with Crippen LogP contribution in [0.25, 0.3) is 11.0 Å². The van der Waals surface area contributed by atoms with E-state index in [1.807, 2.05) is 0 Å². The summed E-state index contributed by atoms with van der Waals surface area (Å²) < 4.78 is 0. The van der Waals surface area contributed by atoms with E-state index in [1.165, 1.54) is 5.56 Å². The zero-order valence-electron chi connectivity index (χ0n) is 11.6. The third kappa shape index (κ3) is 2.03. The number of nitrogens with two attached hydrogens (primary N) is 1. The van der Waals surface area contributed by atoms with E-state index in [1.54, 1.807) is 0 Å². The molecule has 2 aromatic rings. The largest absolute Gasteiger partial charge is 0.341 e. The van der Waals surface area contributed by atoms with Crippen molar-refractivity contribution in [1.29, 1.82) is 0 Å². The standard InChI is InChI=1S/C15H23N3/c1-4-11-7-8-12-13(9-11)18-14(17-12)15(5-2,6-3)10-16/h7-9H,4-6,10,16H2,1-3H3,(H,17,18). The highest BCUT2D eigenvalue weighted by atomic mass is 14.9. The van der Waals surface area contributed by atoms with Gasteiger partial charge >= 0.3 is 0 Å². The summed E-state index contributed by atoms with van der Waals surface area (Å²) in [6.07, 6.45) is 3.08. The minimum atomic E-state index is -0.00853. The lowest BCUT2D eigenvalue weighted by Gasteiger charge is -2.27. The fourth-order valence-corrected chi connectivity index (χ4v) is 2.50. The lowest BCUT2D eigenvalue weighted by Crippen LogP contribution is -2.35. The van der Waals surface area contributed by atoms with Gasteiger partial charge in [0.25, 0.3) is 0 Å². The molecule has 98 valence electrons. The Hall–Kier alpha value is -1.35. The Balaban J connectivity index is 2.52. The molecule has 18 heavy (non-hydrogen) atoms. The van der Waals surface area contributed by atoms with E-state index in [4.69, 9.17) is 10.7 Å². The molecule has 0 aliphatic rings. The molecular formula is C15H23N3. The number of nitrogens with zero attached hydrogens (tertiary/aromatic N) is 1. The van der Waals surface area contributed by atoms with Crippen molar-refractivity contribution in [2.24, 2.45) is 5.73 Å². The first-order valence-corrected chi connectivity index (χ1v) is 6.88. The summed E-state index contributed by atoms with van der Waals surface area (Å²) in [5, 5.41) is 0. The molecule has 0 bridgehead atoms. The first kappa shape index (κ1) is 13.1. The summed E-state index contributed by atoms with van der Waals surface area (Å²) in [6.45, 7) is 7.17. The first-order valence-electron chi connectivity index (χ1n) is 6.88. The van der Waals surface area contributed by atoms with E-state index < -0.39 is 0 Å². The lowest BCUT2D eigenvalue weighted by molar-refractivity contribution is 0.387. The number of benzene rings is 1. The number of imidazole rings is 1. The molecule has 0 unspecified atom stereocenters. The molecule has 0 saturated carbocycles. The smallest absolute Gasteiger partial charge is 0.114 e. The molecule has 1 aromatic heterocycles. The molecule has 0 radical (unpaired) electrons. The van der Waals surface area contributed by atoms with Gasteiger partial charge in [-0.15, -0.1) is 0 Å². The van der Waals surface area contributed by atoms with Crippen LogP contribution in [0.15, 0.2) is 18.2 Å². The zero-order valence-corrected chi connectivity index (χ0v) is 11.6. The molecule has 3 heteroatoms. The number of aromatic nitrogens is 2. The quantitative estimate of drug-likeness (QED) is 0.850. The molecule has 3 N–H and O–H groups in total. The molecule has 1 aromatic carbocycles. The summed E-state index contributed by atoms with van der Waals surface area (Å²) in [7, 11) is 0.